The number of piperidine rings is 1. The summed E-state index contributed by atoms with van der Waals surface area (Å²) in [5.41, 5.74) is 23.2. The standard InChI is InChI=1S/C13H18FN3O.C13H16FN3O.CH4O/c2*1-17-6-4-8(5-7-17)9-2-3-10(15)11(12(9)14)13(16)18;1-2/h2-3,8H,4-7,15H2,1H3,(H2,16,18);2-4H,5-7,15H2,1H3,(H2,16,18);2H,1H3. The molecule has 0 aliphatic carbocycles. The van der Waals surface area contributed by atoms with Crippen LogP contribution in [0.3, 0.4) is 0 Å². The summed E-state index contributed by atoms with van der Waals surface area (Å²) in [6.45, 7) is 3.49. The van der Waals surface area contributed by atoms with Gasteiger partial charge in [0.25, 0.3) is 11.8 Å². The number of primary amides is 2. The maximum atomic E-state index is 14.3. The van der Waals surface area contributed by atoms with E-state index in [9.17, 15) is 18.4 Å². The number of nitrogen functional groups attached to an aromatic ring is 2. The number of likely N-dealkylation sites (tertiary alicyclic amines) is 1. The second-order valence-corrected chi connectivity index (χ2v) is 9.37. The molecule has 2 aromatic rings. The number of aliphatic hydroxyl groups is 1. The third-order valence-corrected chi connectivity index (χ3v) is 6.79. The highest BCUT2D eigenvalue weighted by atomic mass is 19.1. The summed E-state index contributed by atoms with van der Waals surface area (Å²) in [7, 11) is 5.05. The predicted molar refractivity (Wildman–Crippen MR) is 146 cm³/mol. The molecular formula is C27H38F2N6O3. The lowest BCUT2D eigenvalue weighted by atomic mass is 9.88. The summed E-state index contributed by atoms with van der Waals surface area (Å²) in [5.74, 6) is -2.66. The van der Waals surface area contributed by atoms with Crippen LogP contribution >= 0.6 is 0 Å². The number of rotatable bonds is 4. The van der Waals surface area contributed by atoms with Gasteiger partial charge in [-0.1, -0.05) is 12.1 Å². The van der Waals surface area contributed by atoms with Crippen LogP contribution in [-0.2, 0) is 0 Å². The molecule has 1 saturated heterocycles. The number of anilines is 2. The number of amides is 2. The van der Waals surface area contributed by atoms with Crippen molar-refractivity contribution in [3.63, 3.8) is 0 Å². The fraction of sp³-hybridized carbons (Fsp3) is 0.407. The molecule has 0 atom stereocenters. The summed E-state index contributed by atoms with van der Waals surface area (Å²) in [4.78, 5) is 26.8. The van der Waals surface area contributed by atoms with E-state index >= 15 is 0 Å². The van der Waals surface area contributed by atoms with Crippen LogP contribution in [0.4, 0.5) is 20.2 Å². The van der Waals surface area contributed by atoms with E-state index in [0.29, 0.717) is 11.1 Å². The largest absolute Gasteiger partial charge is 0.400 e. The van der Waals surface area contributed by atoms with E-state index in [0.717, 1.165) is 58.1 Å². The summed E-state index contributed by atoms with van der Waals surface area (Å²) in [5, 5.41) is 7.00. The number of hydrogen-bond acceptors (Lipinski definition) is 7. The predicted octanol–water partition coefficient (Wildman–Crippen LogP) is 2.15. The topological polar surface area (TPSA) is 165 Å². The van der Waals surface area contributed by atoms with Gasteiger partial charge >= 0.3 is 0 Å². The van der Waals surface area contributed by atoms with Crippen molar-refractivity contribution in [2.45, 2.75) is 25.2 Å². The third kappa shape index (κ3) is 7.27. The molecule has 0 aromatic heterocycles. The van der Waals surface area contributed by atoms with Crippen LogP contribution in [0.15, 0.2) is 30.3 Å². The molecule has 4 rings (SSSR count). The minimum atomic E-state index is -0.833. The van der Waals surface area contributed by atoms with Crippen molar-refractivity contribution < 1.29 is 23.5 Å². The molecule has 1 fully saturated rings. The van der Waals surface area contributed by atoms with Gasteiger partial charge in [-0.2, -0.15) is 0 Å². The lowest BCUT2D eigenvalue weighted by Crippen LogP contribution is -2.30. The molecule has 2 amide bonds. The second-order valence-electron chi connectivity index (χ2n) is 9.37. The van der Waals surface area contributed by atoms with Gasteiger partial charge in [0.1, 0.15) is 11.6 Å². The van der Waals surface area contributed by atoms with Crippen molar-refractivity contribution in [2.75, 3.05) is 58.9 Å². The molecule has 2 heterocycles. The summed E-state index contributed by atoms with van der Waals surface area (Å²) in [6.07, 6.45) is 4.48. The van der Waals surface area contributed by atoms with E-state index in [1.807, 2.05) is 20.2 Å². The number of aliphatic hydroxyl groups excluding tert-OH is 1. The fourth-order valence-electron chi connectivity index (χ4n) is 4.60. The quantitative estimate of drug-likeness (QED) is 0.376. The van der Waals surface area contributed by atoms with Crippen molar-refractivity contribution in [1.29, 1.82) is 0 Å². The monoisotopic (exact) mass is 532 g/mol. The Balaban J connectivity index is 0.000000251. The molecule has 9 nitrogen and oxygen atoms in total. The molecule has 0 saturated carbocycles. The van der Waals surface area contributed by atoms with Crippen LogP contribution in [0.2, 0.25) is 0 Å². The normalized spacial score (nSPS) is 16.4. The molecule has 2 aliphatic heterocycles. The van der Waals surface area contributed by atoms with Crippen LogP contribution in [0.5, 0.6) is 0 Å². The van der Waals surface area contributed by atoms with E-state index in [-0.39, 0.29) is 28.4 Å². The zero-order valence-corrected chi connectivity index (χ0v) is 22.1. The van der Waals surface area contributed by atoms with E-state index in [4.69, 9.17) is 28.0 Å². The number of halogens is 2. The number of likely N-dealkylation sites (N-methyl/N-ethyl adjacent to an activating group) is 1. The molecule has 11 heteroatoms. The van der Waals surface area contributed by atoms with Gasteiger partial charge in [0.2, 0.25) is 0 Å². The summed E-state index contributed by atoms with van der Waals surface area (Å²) >= 11 is 0. The van der Waals surface area contributed by atoms with E-state index < -0.39 is 23.4 Å². The fourth-order valence-corrected chi connectivity index (χ4v) is 4.60. The average Bonchev–Trinajstić information content (AvgIpc) is 2.87. The Kier molecular flexibility index (Phi) is 11.2. The Bertz CT molecular complexity index is 1180. The Labute approximate surface area is 222 Å². The SMILES string of the molecule is CN1CC=C(c2ccc(N)c(C(N)=O)c2F)CC1.CN1CCC(c2ccc(N)c(C(N)=O)c2F)CC1.CO. The number of nitrogens with zero attached hydrogens (tertiary/aromatic N) is 2. The van der Waals surface area contributed by atoms with E-state index in [2.05, 4.69) is 9.80 Å². The third-order valence-electron chi connectivity index (χ3n) is 6.79. The minimum absolute atomic E-state index is 0.0808. The lowest BCUT2D eigenvalue weighted by Gasteiger charge is -2.29. The molecule has 2 aromatic carbocycles. The van der Waals surface area contributed by atoms with Crippen molar-refractivity contribution in [3.05, 3.63) is 64.2 Å². The molecule has 0 bridgehead atoms. The van der Waals surface area contributed by atoms with Gasteiger partial charge < -0.3 is 37.8 Å². The van der Waals surface area contributed by atoms with Crippen molar-refractivity contribution in [3.8, 4) is 0 Å². The molecule has 38 heavy (non-hydrogen) atoms. The highest BCUT2D eigenvalue weighted by Crippen LogP contribution is 2.32. The van der Waals surface area contributed by atoms with E-state index in [1.54, 1.807) is 18.2 Å². The smallest absolute Gasteiger partial charge is 0.253 e. The van der Waals surface area contributed by atoms with Gasteiger partial charge in [0.15, 0.2) is 0 Å². The molecule has 2 aliphatic rings. The first-order valence-corrected chi connectivity index (χ1v) is 12.3. The first kappa shape index (κ1) is 30.7. The molecule has 0 spiro atoms. The number of carbonyl (C=O) groups is 2. The first-order chi connectivity index (χ1) is 18.0. The molecule has 9 N–H and O–H groups in total. The number of benzene rings is 2. The van der Waals surface area contributed by atoms with E-state index in [1.165, 1.54) is 6.07 Å². The van der Waals surface area contributed by atoms with Gasteiger partial charge in [-0.05, 0) is 81.7 Å². The summed E-state index contributed by atoms with van der Waals surface area (Å²) in [6, 6.07) is 6.37. The Morgan fingerprint density at radius 2 is 1.37 bits per heavy atom. The maximum Gasteiger partial charge on any atom is 0.253 e. The van der Waals surface area contributed by atoms with Crippen LogP contribution in [-0.4, -0.2) is 74.1 Å². The van der Waals surface area contributed by atoms with Crippen LogP contribution in [0.1, 0.15) is 57.0 Å². The zero-order valence-electron chi connectivity index (χ0n) is 22.1. The Morgan fingerprint density at radius 1 is 0.842 bits per heavy atom. The molecule has 0 radical (unpaired) electrons. The Morgan fingerprint density at radius 3 is 1.87 bits per heavy atom. The van der Waals surface area contributed by atoms with Gasteiger partial charge in [0.05, 0.1) is 11.1 Å². The molecular weight excluding hydrogens is 494 g/mol. The second kappa shape index (κ2) is 13.8. The molecule has 0 unspecified atom stereocenters. The number of nitrogens with two attached hydrogens (primary N) is 4. The average molecular weight is 533 g/mol. The number of hydrogen-bond donors (Lipinski definition) is 5. The number of carbonyl (C=O) groups excluding carboxylic acids is 2. The highest BCUT2D eigenvalue weighted by molar-refractivity contribution is 5.99. The van der Waals surface area contributed by atoms with Gasteiger partial charge in [-0.15, -0.1) is 0 Å². The summed E-state index contributed by atoms with van der Waals surface area (Å²) < 4.78 is 28.5. The zero-order chi connectivity index (χ0) is 28.6. The van der Waals surface area contributed by atoms with Gasteiger partial charge in [-0.25, -0.2) is 8.78 Å². The van der Waals surface area contributed by atoms with Crippen LogP contribution in [0.25, 0.3) is 5.57 Å². The molecule has 208 valence electrons. The first-order valence-electron chi connectivity index (χ1n) is 12.3. The lowest BCUT2D eigenvalue weighted by molar-refractivity contribution is 0.0988. The van der Waals surface area contributed by atoms with Crippen molar-refractivity contribution in [1.82, 2.24) is 9.80 Å². The Hall–Kier alpha value is -3.54. The maximum absolute atomic E-state index is 14.3. The van der Waals surface area contributed by atoms with Crippen molar-refractivity contribution in [2.24, 2.45) is 11.5 Å². The van der Waals surface area contributed by atoms with Gasteiger partial charge in [0, 0.05) is 37.1 Å². The highest BCUT2D eigenvalue weighted by Gasteiger charge is 2.25. The van der Waals surface area contributed by atoms with Crippen molar-refractivity contribution >= 4 is 28.8 Å². The van der Waals surface area contributed by atoms with Crippen LogP contribution in [0, 0.1) is 11.6 Å². The van der Waals surface area contributed by atoms with Gasteiger partial charge in [-0.3, -0.25) is 9.59 Å². The minimum Gasteiger partial charge on any atom is -0.400 e. The van der Waals surface area contributed by atoms with Crippen LogP contribution < -0.4 is 22.9 Å².